The number of carbonyl (C=O) groups excluding carboxylic acids is 2. The van der Waals surface area contributed by atoms with Crippen LogP contribution in [0.25, 0.3) is 0 Å². The second kappa shape index (κ2) is 14.3. The van der Waals surface area contributed by atoms with Crippen LogP contribution in [0, 0.1) is 20.8 Å². The fourth-order valence-corrected chi connectivity index (χ4v) is 6.69. The lowest BCUT2D eigenvalue weighted by molar-refractivity contribution is -0.139. The Hall–Kier alpha value is -3.85. The number of hydrogen-bond acceptors (Lipinski definition) is 4. The maximum Gasteiger partial charge on any atom is 0.264 e. The Morgan fingerprint density at radius 2 is 1.45 bits per heavy atom. The molecule has 4 aromatic carbocycles. The van der Waals surface area contributed by atoms with E-state index >= 15 is 0 Å². The minimum absolute atomic E-state index is 0.00807. The molecule has 1 N–H and O–H groups in total. The number of carbonyl (C=O) groups is 2. The lowest BCUT2D eigenvalue weighted by atomic mass is 10.0. The number of halogens is 2. The molecule has 0 bridgehead atoms. The summed E-state index contributed by atoms with van der Waals surface area (Å²) in [4.78, 5) is 29.3. The van der Waals surface area contributed by atoms with E-state index in [1.807, 2.05) is 56.3 Å². The van der Waals surface area contributed by atoms with Gasteiger partial charge in [0, 0.05) is 20.0 Å². The molecule has 0 aliphatic heterocycles. The van der Waals surface area contributed by atoms with Gasteiger partial charge in [0.05, 0.1) is 20.6 Å². The van der Waals surface area contributed by atoms with E-state index < -0.39 is 28.5 Å². The summed E-state index contributed by atoms with van der Waals surface area (Å²) in [6, 6.07) is 25.3. The highest BCUT2D eigenvalue weighted by Gasteiger charge is 2.35. The number of benzene rings is 4. The summed E-state index contributed by atoms with van der Waals surface area (Å²) in [6.45, 7) is 4.98. The van der Waals surface area contributed by atoms with E-state index in [0.717, 1.165) is 21.0 Å². The topological polar surface area (TPSA) is 86.8 Å². The summed E-state index contributed by atoms with van der Waals surface area (Å²) in [5.41, 5.74) is 4.28. The molecule has 1 atom stereocenters. The van der Waals surface area contributed by atoms with Gasteiger partial charge >= 0.3 is 0 Å². The van der Waals surface area contributed by atoms with Crippen molar-refractivity contribution in [2.75, 3.05) is 17.9 Å². The molecule has 0 saturated carbocycles. The van der Waals surface area contributed by atoms with Crippen molar-refractivity contribution in [3.63, 3.8) is 0 Å². The van der Waals surface area contributed by atoms with Gasteiger partial charge in [-0.3, -0.25) is 13.9 Å². The van der Waals surface area contributed by atoms with Crippen molar-refractivity contribution in [2.24, 2.45) is 0 Å². The van der Waals surface area contributed by atoms with Gasteiger partial charge in [-0.25, -0.2) is 8.42 Å². The normalized spacial score (nSPS) is 12.0. The summed E-state index contributed by atoms with van der Waals surface area (Å²) in [5.74, 6) is -0.945. The Bertz CT molecular complexity index is 1750. The fourth-order valence-electron chi connectivity index (χ4n) is 4.89. The molecule has 0 heterocycles. The van der Waals surface area contributed by atoms with Crippen LogP contribution in [0.4, 0.5) is 5.69 Å². The number of aryl methyl sites for hydroxylation is 3. The smallest absolute Gasteiger partial charge is 0.264 e. The van der Waals surface area contributed by atoms with E-state index in [9.17, 15) is 18.0 Å². The molecule has 7 nitrogen and oxygen atoms in total. The van der Waals surface area contributed by atoms with Crippen LogP contribution in [-0.4, -0.2) is 44.8 Å². The van der Waals surface area contributed by atoms with Gasteiger partial charge in [0.2, 0.25) is 11.8 Å². The molecule has 0 aromatic heterocycles. The molecule has 0 spiro atoms. The third-order valence-corrected chi connectivity index (χ3v) is 9.89. The van der Waals surface area contributed by atoms with E-state index in [1.165, 1.54) is 24.1 Å². The second-order valence-electron chi connectivity index (χ2n) is 10.7. The summed E-state index contributed by atoms with van der Waals surface area (Å²) in [6.07, 6.45) is 0.210. The largest absolute Gasteiger partial charge is 0.357 e. The zero-order chi connectivity index (χ0) is 32.0. The quantitative estimate of drug-likeness (QED) is 0.201. The first-order valence-corrected chi connectivity index (χ1v) is 16.3. The van der Waals surface area contributed by atoms with Crippen LogP contribution in [-0.2, 0) is 32.6 Å². The van der Waals surface area contributed by atoms with Crippen molar-refractivity contribution in [1.82, 2.24) is 10.2 Å². The average molecular weight is 653 g/mol. The molecule has 0 unspecified atom stereocenters. The first kappa shape index (κ1) is 33.1. The lowest BCUT2D eigenvalue weighted by Gasteiger charge is -2.34. The number of hydrogen-bond donors (Lipinski definition) is 1. The van der Waals surface area contributed by atoms with Gasteiger partial charge < -0.3 is 10.2 Å². The van der Waals surface area contributed by atoms with Gasteiger partial charge in [0.1, 0.15) is 12.6 Å². The summed E-state index contributed by atoms with van der Waals surface area (Å²) >= 11 is 12.5. The highest BCUT2D eigenvalue weighted by molar-refractivity contribution is 7.92. The Morgan fingerprint density at radius 3 is 2.09 bits per heavy atom. The van der Waals surface area contributed by atoms with E-state index in [2.05, 4.69) is 5.32 Å². The van der Waals surface area contributed by atoms with Gasteiger partial charge in [-0.15, -0.1) is 0 Å². The molecule has 0 radical (unpaired) electrons. The maximum absolute atomic E-state index is 14.4. The molecule has 0 aliphatic rings. The van der Waals surface area contributed by atoms with Crippen LogP contribution in [0.1, 0.15) is 27.8 Å². The van der Waals surface area contributed by atoms with Gasteiger partial charge in [-0.1, -0.05) is 89.4 Å². The standard InChI is InChI=1S/C34H35Cl2N3O4S/c1-23-11-15-28(16-12-23)44(42,43)39(31-18-24(2)10-13-25(31)3)22-33(40)38(21-27-14-17-29(35)30(36)19-27)32(34(41)37-4)20-26-8-6-5-7-9-26/h5-19,32H,20-22H2,1-4H3,(H,37,41)/t32-/m0/s1. The maximum atomic E-state index is 14.4. The molecule has 4 aromatic rings. The number of nitrogens with zero attached hydrogens (tertiary/aromatic N) is 2. The number of anilines is 1. The van der Waals surface area contributed by atoms with Crippen molar-refractivity contribution in [1.29, 1.82) is 0 Å². The number of rotatable bonds is 11. The number of nitrogens with one attached hydrogen (secondary N) is 1. The molecular weight excluding hydrogens is 617 g/mol. The number of sulfonamides is 1. The second-order valence-corrected chi connectivity index (χ2v) is 13.4. The van der Waals surface area contributed by atoms with Gasteiger partial charge in [0.15, 0.2) is 0 Å². The molecule has 0 fully saturated rings. The molecule has 2 amide bonds. The van der Waals surface area contributed by atoms with Gasteiger partial charge in [-0.2, -0.15) is 0 Å². The van der Waals surface area contributed by atoms with Crippen molar-refractivity contribution >= 4 is 50.7 Å². The average Bonchev–Trinajstić information content (AvgIpc) is 3.01. The highest BCUT2D eigenvalue weighted by atomic mass is 35.5. The Balaban J connectivity index is 1.83. The molecular formula is C34H35Cl2N3O4S. The highest BCUT2D eigenvalue weighted by Crippen LogP contribution is 2.29. The molecule has 10 heteroatoms. The third-order valence-electron chi connectivity index (χ3n) is 7.38. The zero-order valence-electron chi connectivity index (χ0n) is 25.1. The van der Waals surface area contributed by atoms with E-state index in [1.54, 1.807) is 43.3 Å². The molecule has 0 saturated heterocycles. The van der Waals surface area contributed by atoms with E-state index in [0.29, 0.717) is 26.9 Å². The minimum atomic E-state index is -4.19. The van der Waals surface area contributed by atoms with Crippen LogP contribution in [0.3, 0.4) is 0 Å². The predicted octanol–water partition coefficient (Wildman–Crippen LogP) is 6.50. The van der Waals surface area contributed by atoms with Crippen LogP contribution in [0.5, 0.6) is 0 Å². The number of likely N-dealkylation sites (N-methyl/N-ethyl adjacent to an activating group) is 1. The molecule has 230 valence electrons. The monoisotopic (exact) mass is 651 g/mol. The summed E-state index contributed by atoms with van der Waals surface area (Å²) in [5, 5.41) is 3.33. The Labute approximate surface area is 269 Å². The number of amides is 2. The molecule has 44 heavy (non-hydrogen) atoms. The predicted molar refractivity (Wildman–Crippen MR) is 177 cm³/mol. The van der Waals surface area contributed by atoms with Crippen LogP contribution >= 0.6 is 23.2 Å². The molecule has 0 aliphatic carbocycles. The van der Waals surface area contributed by atoms with Crippen molar-refractivity contribution in [3.8, 4) is 0 Å². The third kappa shape index (κ3) is 7.80. The Morgan fingerprint density at radius 1 is 0.795 bits per heavy atom. The summed E-state index contributed by atoms with van der Waals surface area (Å²) < 4.78 is 29.5. The minimum Gasteiger partial charge on any atom is -0.357 e. The van der Waals surface area contributed by atoms with Crippen LogP contribution < -0.4 is 9.62 Å². The Kier molecular flexibility index (Phi) is 10.7. The summed E-state index contributed by atoms with van der Waals surface area (Å²) in [7, 11) is -2.68. The molecule has 4 rings (SSSR count). The fraction of sp³-hybridized carbons (Fsp3) is 0.235. The van der Waals surface area contributed by atoms with Crippen LogP contribution in [0.15, 0.2) is 95.9 Å². The van der Waals surface area contributed by atoms with Gasteiger partial charge in [-0.05, 0) is 73.4 Å². The first-order valence-electron chi connectivity index (χ1n) is 14.1. The SMILES string of the molecule is CNC(=O)[C@H](Cc1ccccc1)N(Cc1ccc(Cl)c(Cl)c1)C(=O)CN(c1cc(C)ccc1C)S(=O)(=O)c1ccc(C)cc1. The van der Waals surface area contributed by atoms with Gasteiger partial charge in [0.25, 0.3) is 10.0 Å². The van der Waals surface area contributed by atoms with Crippen molar-refractivity contribution in [2.45, 2.75) is 44.7 Å². The van der Waals surface area contributed by atoms with E-state index in [4.69, 9.17) is 23.2 Å². The van der Waals surface area contributed by atoms with Crippen LogP contribution in [0.2, 0.25) is 10.0 Å². The zero-order valence-corrected chi connectivity index (χ0v) is 27.4. The van der Waals surface area contributed by atoms with Crippen molar-refractivity contribution < 1.29 is 18.0 Å². The lowest BCUT2D eigenvalue weighted by Crippen LogP contribution is -2.53. The van der Waals surface area contributed by atoms with E-state index in [-0.39, 0.29) is 23.8 Å². The van der Waals surface area contributed by atoms with Crippen molar-refractivity contribution in [3.05, 3.63) is 129 Å². The first-order chi connectivity index (χ1) is 20.9.